The highest BCUT2D eigenvalue weighted by Gasteiger charge is 2.21. The van der Waals surface area contributed by atoms with Gasteiger partial charge in [0.1, 0.15) is 0 Å². The second-order valence-electron chi connectivity index (χ2n) is 6.18. The fourth-order valence-electron chi connectivity index (χ4n) is 2.47. The number of hydrogen-bond acceptors (Lipinski definition) is 7. The first kappa shape index (κ1) is 21.6. The maximum absolute atomic E-state index is 12.4. The van der Waals surface area contributed by atoms with E-state index in [4.69, 9.17) is 4.74 Å². The van der Waals surface area contributed by atoms with Crippen LogP contribution in [0.1, 0.15) is 17.3 Å². The van der Waals surface area contributed by atoms with E-state index in [0.29, 0.717) is 5.13 Å². The molecule has 8 nitrogen and oxygen atoms in total. The topological polar surface area (TPSA) is 114 Å². The smallest absolute Gasteiger partial charge is 0.338 e. The third-order valence-corrected chi connectivity index (χ3v) is 6.28. The number of nitrogens with one attached hydrogen (secondary N) is 2. The van der Waals surface area contributed by atoms with Crippen LogP contribution in [-0.2, 0) is 19.6 Å². The fourth-order valence-corrected chi connectivity index (χ4v) is 3.97. The van der Waals surface area contributed by atoms with Crippen molar-refractivity contribution in [1.29, 1.82) is 0 Å². The molecular formula is C20H19N3O5S2. The molecule has 0 saturated heterocycles. The second kappa shape index (κ2) is 9.16. The summed E-state index contributed by atoms with van der Waals surface area (Å²) in [6.45, 7) is 1.42. The first-order valence-corrected chi connectivity index (χ1v) is 11.2. The maximum Gasteiger partial charge on any atom is 0.338 e. The number of aromatic nitrogens is 1. The lowest BCUT2D eigenvalue weighted by Crippen LogP contribution is -2.30. The van der Waals surface area contributed by atoms with Gasteiger partial charge in [-0.25, -0.2) is 22.9 Å². The normalized spacial score (nSPS) is 12.2. The van der Waals surface area contributed by atoms with Crippen LogP contribution in [0.25, 0.3) is 11.3 Å². The SMILES string of the molecule is CNS(=O)(=O)c1cccc(C(=O)OC(C)C(=O)Nc2nc(-c3ccccc3)cs2)c1. The number of esters is 1. The van der Waals surface area contributed by atoms with E-state index in [1.165, 1.54) is 49.6 Å². The Bertz CT molecular complexity index is 1160. The van der Waals surface area contributed by atoms with E-state index in [1.54, 1.807) is 0 Å². The number of thiazole rings is 1. The van der Waals surface area contributed by atoms with Gasteiger partial charge >= 0.3 is 5.97 Å². The molecular weight excluding hydrogens is 426 g/mol. The van der Waals surface area contributed by atoms with Gasteiger partial charge in [0.15, 0.2) is 11.2 Å². The molecule has 2 aromatic carbocycles. The van der Waals surface area contributed by atoms with Crippen LogP contribution in [0.4, 0.5) is 5.13 Å². The number of anilines is 1. The molecule has 2 N–H and O–H groups in total. The summed E-state index contributed by atoms with van der Waals surface area (Å²) < 4.78 is 31.1. The monoisotopic (exact) mass is 445 g/mol. The molecule has 1 aromatic heterocycles. The van der Waals surface area contributed by atoms with E-state index in [-0.39, 0.29) is 10.5 Å². The van der Waals surface area contributed by atoms with Gasteiger partial charge in [-0.1, -0.05) is 36.4 Å². The Hall–Kier alpha value is -3.08. The van der Waals surface area contributed by atoms with Gasteiger partial charge in [-0.2, -0.15) is 0 Å². The molecule has 1 heterocycles. The van der Waals surface area contributed by atoms with Gasteiger partial charge in [0.2, 0.25) is 10.0 Å². The third-order valence-electron chi connectivity index (χ3n) is 4.11. The quantitative estimate of drug-likeness (QED) is 0.541. The summed E-state index contributed by atoms with van der Waals surface area (Å²) in [6.07, 6.45) is -1.11. The maximum atomic E-state index is 12.4. The predicted octanol–water partition coefficient (Wildman–Crippen LogP) is 2.90. The molecule has 10 heteroatoms. The molecule has 1 atom stereocenters. The summed E-state index contributed by atoms with van der Waals surface area (Å²) in [5, 5.41) is 4.81. The Labute approximate surface area is 178 Å². The number of carbonyl (C=O) groups is 2. The summed E-state index contributed by atoms with van der Waals surface area (Å²) in [7, 11) is -2.43. The Kier molecular flexibility index (Phi) is 6.60. The number of carbonyl (C=O) groups excluding carboxylic acids is 2. The minimum atomic E-state index is -3.70. The number of benzene rings is 2. The lowest BCUT2D eigenvalue weighted by atomic mass is 10.2. The Morgan fingerprint density at radius 2 is 1.83 bits per heavy atom. The average molecular weight is 446 g/mol. The minimum absolute atomic E-state index is 0.0200. The molecule has 0 saturated carbocycles. The molecule has 1 amide bonds. The zero-order valence-electron chi connectivity index (χ0n) is 16.2. The number of sulfonamides is 1. The van der Waals surface area contributed by atoms with Crippen LogP contribution in [0.5, 0.6) is 0 Å². The summed E-state index contributed by atoms with van der Waals surface area (Å²) in [5.41, 5.74) is 1.67. The van der Waals surface area contributed by atoms with Crippen molar-refractivity contribution in [2.75, 3.05) is 12.4 Å². The molecule has 0 aliphatic carbocycles. The number of hydrogen-bond donors (Lipinski definition) is 2. The molecule has 0 aliphatic rings. The van der Waals surface area contributed by atoms with Gasteiger partial charge in [-0.15, -0.1) is 11.3 Å². The summed E-state index contributed by atoms with van der Waals surface area (Å²) in [4.78, 5) is 29.0. The molecule has 30 heavy (non-hydrogen) atoms. The van der Waals surface area contributed by atoms with Crippen LogP contribution < -0.4 is 10.0 Å². The van der Waals surface area contributed by atoms with E-state index in [1.807, 2.05) is 35.7 Å². The van der Waals surface area contributed by atoms with E-state index in [9.17, 15) is 18.0 Å². The zero-order chi connectivity index (χ0) is 21.7. The van der Waals surface area contributed by atoms with Crippen molar-refractivity contribution in [2.24, 2.45) is 0 Å². The van der Waals surface area contributed by atoms with E-state index < -0.39 is 28.0 Å². The molecule has 0 aliphatic heterocycles. The molecule has 0 fully saturated rings. The molecule has 156 valence electrons. The number of nitrogens with zero attached hydrogens (tertiary/aromatic N) is 1. The number of rotatable bonds is 7. The predicted molar refractivity (Wildman–Crippen MR) is 114 cm³/mol. The van der Waals surface area contributed by atoms with E-state index in [2.05, 4.69) is 15.0 Å². The minimum Gasteiger partial charge on any atom is -0.449 e. The summed E-state index contributed by atoms with van der Waals surface area (Å²) in [6, 6.07) is 14.9. The number of ether oxygens (including phenoxy) is 1. The van der Waals surface area contributed by atoms with Crippen molar-refractivity contribution in [3.8, 4) is 11.3 Å². The molecule has 3 aromatic rings. The van der Waals surface area contributed by atoms with Crippen molar-refractivity contribution in [3.05, 3.63) is 65.5 Å². The Morgan fingerprint density at radius 3 is 2.53 bits per heavy atom. The molecule has 0 bridgehead atoms. The molecule has 3 rings (SSSR count). The highest BCUT2D eigenvalue weighted by molar-refractivity contribution is 7.89. The Morgan fingerprint density at radius 1 is 1.10 bits per heavy atom. The van der Waals surface area contributed by atoms with Crippen molar-refractivity contribution in [1.82, 2.24) is 9.71 Å². The van der Waals surface area contributed by atoms with Crippen molar-refractivity contribution < 1.29 is 22.7 Å². The highest BCUT2D eigenvalue weighted by Crippen LogP contribution is 2.24. The van der Waals surface area contributed by atoms with Gasteiger partial charge in [-0.05, 0) is 32.2 Å². The van der Waals surface area contributed by atoms with Crippen molar-refractivity contribution in [3.63, 3.8) is 0 Å². The molecule has 0 spiro atoms. The standard InChI is InChI=1S/C20H19N3O5S2/c1-13(28-19(25)15-9-6-10-16(11-15)30(26,27)21-2)18(24)23-20-22-17(12-29-20)14-7-4-3-5-8-14/h3-13,21H,1-2H3,(H,22,23,24). The summed E-state index contributed by atoms with van der Waals surface area (Å²) in [5.74, 6) is -1.36. The largest absolute Gasteiger partial charge is 0.449 e. The van der Waals surface area contributed by atoms with Crippen LogP contribution in [0.15, 0.2) is 64.9 Å². The zero-order valence-corrected chi connectivity index (χ0v) is 17.8. The van der Waals surface area contributed by atoms with Gasteiger partial charge < -0.3 is 4.74 Å². The van der Waals surface area contributed by atoms with Crippen LogP contribution in [0.2, 0.25) is 0 Å². The molecule has 1 unspecified atom stereocenters. The van der Waals surface area contributed by atoms with Gasteiger partial charge in [-0.3, -0.25) is 10.1 Å². The van der Waals surface area contributed by atoms with E-state index in [0.717, 1.165) is 11.3 Å². The van der Waals surface area contributed by atoms with Crippen LogP contribution in [0.3, 0.4) is 0 Å². The van der Waals surface area contributed by atoms with Crippen molar-refractivity contribution >= 4 is 38.4 Å². The summed E-state index contributed by atoms with van der Waals surface area (Å²) >= 11 is 1.26. The molecule has 0 radical (unpaired) electrons. The Balaban J connectivity index is 1.64. The van der Waals surface area contributed by atoms with E-state index >= 15 is 0 Å². The fraction of sp³-hybridized carbons (Fsp3) is 0.150. The van der Waals surface area contributed by atoms with Crippen LogP contribution in [0, 0.1) is 0 Å². The number of amides is 1. The van der Waals surface area contributed by atoms with Gasteiger partial charge in [0.05, 0.1) is 16.2 Å². The van der Waals surface area contributed by atoms with Crippen LogP contribution in [-0.4, -0.2) is 38.4 Å². The highest BCUT2D eigenvalue weighted by atomic mass is 32.2. The first-order valence-electron chi connectivity index (χ1n) is 8.86. The van der Waals surface area contributed by atoms with Crippen molar-refractivity contribution in [2.45, 2.75) is 17.9 Å². The lowest BCUT2D eigenvalue weighted by Gasteiger charge is -2.13. The first-order chi connectivity index (χ1) is 14.3. The lowest BCUT2D eigenvalue weighted by molar-refractivity contribution is -0.123. The third kappa shape index (κ3) is 5.09. The second-order valence-corrected chi connectivity index (χ2v) is 8.92. The van der Waals surface area contributed by atoms with Crippen LogP contribution >= 0.6 is 11.3 Å². The van der Waals surface area contributed by atoms with Gasteiger partial charge in [0, 0.05) is 10.9 Å². The van der Waals surface area contributed by atoms with Gasteiger partial charge in [0.25, 0.3) is 5.91 Å². The average Bonchev–Trinajstić information content (AvgIpc) is 3.22.